The number of aromatic nitrogens is 1. The number of fused-ring (bicyclic) bond motifs is 1. The van der Waals surface area contributed by atoms with E-state index in [1.54, 1.807) is 25.4 Å². The molecule has 0 saturated heterocycles. The highest BCUT2D eigenvalue weighted by molar-refractivity contribution is 9.10. The largest absolute Gasteiger partial charge is 0.496 e. The molecule has 0 radical (unpaired) electrons. The van der Waals surface area contributed by atoms with Gasteiger partial charge in [-0.05, 0) is 28.1 Å². The molecule has 0 aliphatic carbocycles. The molecular weight excluding hydrogens is 356 g/mol. The van der Waals surface area contributed by atoms with Gasteiger partial charge >= 0.3 is 0 Å². The fraction of sp³-hybridized carbons (Fsp3) is 0.143. The zero-order valence-electron chi connectivity index (χ0n) is 11.1. The van der Waals surface area contributed by atoms with Crippen molar-refractivity contribution in [1.29, 1.82) is 0 Å². The monoisotopic (exact) mass is 366 g/mol. The minimum Gasteiger partial charge on any atom is -0.496 e. The summed E-state index contributed by atoms with van der Waals surface area (Å²) in [6, 6.07) is 5.20. The van der Waals surface area contributed by atoms with E-state index in [1.165, 1.54) is 11.3 Å². The minimum atomic E-state index is -0.196. The highest BCUT2D eigenvalue weighted by Gasteiger charge is 2.14. The van der Waals surface area contributed by atoms with Gasteiger partial charge in [0.25, 0.3) is 5.91 Å². The molecule has 1 N–H and O–H groups in total. The summed E-state index contributed by atoms with van der Waals surface area (Å²) in [5.74, 6) is 0.402. The molecule has 0 spiro atoms. The van der Waals surface area contributed by atoms with Crippen molar-refractivity contribution in [3.05, 3.63) is 45.0 Å². The van der Waals surface area contributed by atoms with Crippen LogP contribution in [0.2, 0.25) is 0 Å². The molecule has 108 valence electrons. The van der Waals surface area contributed by atoms with Crippen molar-refractivity contribution in [2.75, 3.05) is 7.11 Å². The molecule has 1 amide bonds. The first-order valence-electron chi connectivity index (χ1n) is 6.11. The number of nitrogens with one attached hydrogen (secondary N) is 1. The quantitative estimate of drug-likeness (QED) is 0.766. The van der Waals surface area contributed by atoms with Crippen LogP contribution in [-0.4, -0.2) is 18.0 Å². The van der Waals surface area contributed by atoms with E-state index in [1.807, 2.05) is 11.4 Å². The molecule has 2 aromatic heterocycles. The average molecular weight is 367 g/mol. The molecule has 0 atom stereocenters. The highest BCUT2D eigenvalue weighted by Crippen LogP contribution is 2.32. The van der Waals surface area contributed by atoms with Gasteiger partial charge in [0.15, 0.2) is 4.67 Å². The lowest BCUT2D eigenvalue weighted by atomic mass is 10.1. The lowest BCUT2D eigenvalue weighted by molar-refractivity contribution is 0.0950. The number of furan rings is 1. The summed E-state index contributed by atoms with van der Waals surface area (Å²) >= 11 is 4.78. The van der Waals surface area contributed by atoms with Gasteiger partial charge in [-0.15, -0.1) is 11.3 Å². The average Bonchev–Trinajstić information content (AvgIpc) is 3.11. The molecule has 0 aliphatic rings. The van der Waals surface area contributed by atoms with Gasteiger partial charge in [0.2, 0.25) is 0 Å². The lowest BCUT2D eigenvalue weighted by Gasteiger charge is -2.06. The summed E-state index contributed by atoms with van der Waals surface area (Å²) in [4.78, 5) is 16.3. The molecule has 7 heteroatoms. The smallest absolute Gasteiger partial charge is 0.251 e. The number of ether oxygens (including phenoxy) is 1. The van der Waals surface area contributed by atoms with Crippen LogP contribution in [0.15, 0.2) is 38.9 Å². The van der Waals surface area contributed by atoms with Crippen molar-refractivity contribution in [1.82, 2.24) is 10.3 Å². The van der Waals surface area contributed by atoms with E-state index in [-0.39, 0.29) is 5.91 Å². The number of hydrogen-bond acceptors (Lipinski definition) is 5. The zero-order valence-corrected chi connectivity index (χ0v) is 13.5. The first-order valence-corrected chi connectivity index (χ1v) is 7.78. The topological polar surface area (TPSA) is 64.4 Å². The first-order chi connectivity index (χ1) is 10.2. The SMILES string of the molecule is COc1cc(C(=O)NCc2nccs2)cc2oc(Br)cc12. The van der Waals surface area contributed by atoms with Gasteiger partial charge in [-0.1, -0.05) is 0 Å². The molecule has 0 bridgehead atoms. The predicted molar refractivity (Wildman–Crippen MR) is 83.8 cm³/mol. The summed E-state index contributed by atoms with van der Waals surface area (Å²) in [6.45, 7) is 0.401. The second-order valence-electron chi connectivity index (χ2n) is 4.25. The Labute approximate surface area is 133 Å². The van der Waals surface area contributed by atoms with Crippen molar-refractivity contribution in [2.45, 2.75) is 6.54 Å². The van der Waals surface area contributed by atoms with E-state index < -0.39 is 0 Å². The maximum Gasteiger partial charge on any atom is 0.251 e. The lowest BCUT2D eigenvalue weighted by Crippen LogP contribution is -2.22. The fourth-order valence-corrected chi connectivity index (χ4v) is 2.93. The molecule has 5 nitrogen and oxygen atoms in total. The van der Waals surface area contributed by atoms with Crippen molar-refractivity contribution in [2.24, 2.45) is 0 Å². The van der Waals surface area contributed by atoms with E-state index in [9.17, 15) is 4.79 Å². The number of amides is 1. The molecule has 0 aliphatic heterocycles. The standard InChI is InChI=1S/C14H11BrN2O3S/c1-19-10-4-8(5-11-9(10)6-12(15)20-11)14(18)17-7-13-16-2-3-21-13/h2-6H,7H2,1H3,(H,17,18). The third kappa shape index (κ3) is 2.93. The molecule has 0 saturated carbocycles. The van der Waals surface area contributed by atoms with E-state index in [2.05, 4.69) is 26.2 Å². The van der Waals surface area contributed by atoms with Crippen LogP contribution in [0.5, 0.6) is 5.75 Å². The number of nitrogens with zero attached hydrogens (tertiary/aromatic N) is 1. The van der Waals surface area contributed by atoms with Crippen LogP contribution < -0.4 is 10.1 Å². The second kappa shape index (κ2) is 5.87. The Balaban J connectivity index is 1.87. The number of halogens is 1. The molecular formula is C14H11BrN2O3S. The van der Waals surface area contributed by atoms with E-state index >= 15 is 0 Å². The van der Waals surface area contributed by atoms with Crippen molar-refractivity contribution in [3.8, 4) is 5.75 Å². The first kappa shape index (κ1) is 14.1. The van der Waals surface area contributed by atoms with Gasteiger partial charge in [-0.25, -0.2) is 4.98 Å². The maximum atomic E-state index is 12.2. The minimum absolute atomic E-state index is 0.196. The highest BCUT2D eigenvalue weighted by atomic mass is 79.9. The summed E-state index contributed by atoms with van der Waals surface area (Å²) < 4.78 is 11.4. The van der Waals surface area contributed by atoms with Crippen molar-refractivity contribution < 1.29 is 13.9 Å². The summed E-state index contributed by atoms with van der Waals surface area (Å²) in [5, 5.41) is 6.37. The van der Waals surface area contributed by atoms with Gasteiger partial charge in [-0.3, -0.25) is 4.79 Å². The molecule has 3 aromatic rings. The van der Waals surface area contributed by atoms with Gasteiger partial charge in [0.05, 0.1) is 19.0 Å². The van der Waals surface area contributed by atoms with Crippen LogP contribution in [0, 0.1) is 0 Å². The Morgan fingerprint density at radius 1 is 1.48 bits per heavy atom. The van der Waals surface area contributed by atoms with E-state index in [4.69, 9.17) is 9.15 Å². The molecule has 0 unspecified atom stereocenters. The Morgan fingerprint density at radius 3 is 3.05 bits per heavy atom. The fourth-order valence-electron chi connectivity index (χ4n) is 1.97. The number of benzene rings is 1. The van der Waals surface area contributed by atoms with Gasteiger partial charge in [0, 0.05) is 23.2 Å². The van der Waals surface area contributed by atoms with Crippen LogP contribution in [0.25, 0.3) is 11.0 Å². The van der Waals surface area contributed by atoms with Gasteiger partial charge in [-0.2, -0.15) is 0 Å². The zero-order chi connectivity index (χ0) is 14.8. The van der Waals surface area contributed by atoms with Crippen LogP contribution in [0.1, 0.15) is 15.4 Å². The molecule has 3 rings (SSSR count). The maximum absolute atomic E-state index is 12.2. The number of carbonyl (C=O) groups excluding carboxylic acids is 1. The van der Waals surface area contributed by atoms with Gasteiger partial charge < -0.3 is 14.5 Å². The Bertz CT molecular complexity index is 783. The van der Waals surface area contributed by atoms with Crippen LogP contribution in [-0.2, 0) is 6.54 Å². The summed E-state index contributed by atoms with van der Waals surface area (Å²) in [7, 11) is 1.56. The number of methoxy groups -OCH3 is 1. The summed E-state index contributed by atoms with van der Waals surface area (Å²) in [5.41, 5.74) is 1.08. The third-order valence-electron chi connectivity index (χ3n) is 2.94. The van der Waals surface area contributed by atoms with Crippen molar-refractivity contribution in [3.63, 3.8) is 0 Å². The number of rotatable bonds is 4. The van der Waals surface area contributed by atoms with E-state index in [0.29, 0.717) is 28.1 Å². The van der Waals surface area contributed by atoms with Crippen LogP contribution in [0.3, 0.4) is 0 Å². The molecule has 1 aromatic carbocycles. The number of hydrogen-bond donors (Lipinski definition) is 1. The third-order valence-corrected chi connectivity index (χ3v) is 4.11. The number of carbonyl (C=O) groups is 1. The van der Waals surface area contributed by atoms with Crippen LogP contribution >= 0.6 is 27.3 Å². The molecule has 2 heterocycles. The van der Waals surface area contributed by atoms with Gasteiger partial charge in [0.1, 0.15) is 16.3 Å². The predicted octanol–water partition coefficient (Wildman–Crippen LogP) is 3.59. The van der Waals surface area contributed by atoms with E-state index in [0.717, 1.165) is 10.4 Å². The second-order valence-corrected chi connectivity index (χ2v) is 6.01. The Kier molecular flexibility index (Phi) is 3.94. The molecule has 21 heavy (non-hydrogen) atoms. The molecule has 0 fully saturated rings. The number of thiazole rings is 1. The van der Waals surface area contributed by atoms with Crippen LogP contribution in [0.4, 0.5) is 0 Å². The normalized spacial score (nSPS) is 10.8. The Morgan fingerprint density at radius 2 is 2.33 bits per heavy atom. The van der Waals surface area contributed by atoms with Crippen molar-refractivity contribution >= 4 is 44.1 Å². The Hall–Kier alpha value is -1.86. The summed E-state index contributed by atoms with van der Waals surface area (Å²) in [6.07, 6.45) is 1.71.